The Morgan fingerprint density at radius 2 is 2.00 bits per heavy atom. The van der Waals surface area contributed by atoms with Gasteiger partial charge in [0.15, 0.2) is 0 Å². The zero-order valence-corrected chi connectivity index (χ0v) is 14.6. The maximum atomic E-state index is 13.2. The predicted molar refractivity (Wildman–Crippen MR) is 92.9 cm³/mol. The molecule has 25 heavy (non-hydrogen) atoms. The van der Waals surface area contributed by atoms with E-state index in [1.54, 1.807) is 10.4 Å². The van der Waals surface area contributed by atoms with Crippen molar-refractivity contribution in [2.24, 2.45) is 0 Å². The van der Waals surface area contributed by atoms with Gasteiger partial charge in [0.1, 0.15) is 0 Å². The summed E-state index contributed by atoms with van der Waals surface area (Å²) in [5, 5.41) is 9.37. The van der Waals surface area contributed by atoms with Crippen LogP contribution in [0, 0.1) is 0 Å². The number of aromatic amines is 2. The topological polar surface area (TPSA) is 110 Å². The fourth-order valence-corrected chi connectivity index (χ4v) is 5.76. The maximum Gasteiger partial charge on any atom is 0.323 e. The highest BCUT2D eigenvalue weighted by molar-refractivity contribution is 7.89. The summed E-state index contributed by atoms with van der Waals surface area (Å²) in [7, 11) is -3.69. The molecular formula is C16H22N4O4S. The van der Waals surface area contributed by atoms with E-state index >= 15 is 0 Å². The summed E-state index contributed by atoms with van der Waals surface area (Å²) in [5.41, 5.74) is 0.697. The third-order valence-corrected chi connectivity index (χ3v) is 7.21. The standard InChI is InChI=1S/C16H22N4O4S/c21-7-5-12-9-19-6-1-2-11(19)10-20(12)25(23,24)13-3-4-14-15(8-13)18-16(22)17-14/h3-4,8,11-12,21H,1-2,5-7,9-10H2,(H2,17,18,22)/t11?,12-/m0/s1. The number of imidazole rings is 1. The van der Waals surface area contributed by atoms with Crippen molar-refractivity contribution in [3.05, 3.63) is 28.7 Å². The first kappa shape index (κ1) is 16.8. The first-order valence-corrected chi connectivity index (χ1v) is 10.0. The van der Waals surface area contributed by atoms with Crippen molar-refractivity contribution < 1.29 is 13.5 Å². The van der Waals surface area contributed by atoms with Gasteiger partial charge in [-0.3, -0.25) is 4.90 Å². The molecule has 2 aromatic rings. The van der Waals surface area contributed by atoms with Gasteiger partial charge in [0.05, 0.1) is 15.9 Å². The molecule has 1 aromatic heterocycles. The number of fused-ring (bicyclic) bond motifs is 2. The van der Waals surface area contributed by atoms with Crippen molar-refractivity contribution in [3.63, 3.8) is 0 Å². The molecule has 0 bridgehead atoms. The minimum atomic E-state index is -3.69. The lowest BCUT2D eigenvalue weighted by molar-refractivity contribution is 0.0924. The second-order valence-electron chi connectivity index (χ2n) is 6.82. The number of aliphatic hydroxyl groups is 1. The van der Waals surface area contributed by atoms with E-state index in [4.69, 9.17) is 0 Å². The van der Waals surface area contributed by atoms with E-state index in [9.17, 15) is 18.3 Å². The predicted octanol–water partition coefficient (Wildman–Crippen LogP) is 0.0759. The van der Waals surface area contributed by atoms with Crippen LogP contribution >= 0.6 is 0 Å². The van der Waals surface area contributed by atoms with Crippen molar-refractivity contribution in [1.82, 2.24) is 19.2 Å². The Balaban J connectivity index is 1.71. The highest BCUT2D eigenvalue weighted by Gasteiger charge is 2.41. The molecule has 0 spiro atoms. The molecule has 3 heterocycles. The average molecular weight is 366 g/mol. The van der Waals surface area contributed by atoms with Gasteiger partial charge in [-0.2, -0.15) is 4.31 Å². The number of hydrogen-bond acceptors (Lipinski definition) is 5. The quantitative estimate of drug-likeness (QED) is 0.710. The second-order valence-corrected chi connectivity index (χ2v) is 8.71. The summed E-state index contributed by atoms with van der Waals surface area (Å²) in [6.07, 6.45) is 2.51. The Labute approximate surface area is 145 Å². The molecule has 2 fully saturated rings. The van der Waals surface area contributed by atoms with Crippen LogP contribution in [0.1, 0.15) is 19.3 Å². The van der Waals surface area contributed by atoms with Crippen molar-refractivity contribution in [2.75, 3.05) is 26.2 Å². The monoisotopic (exact) mass is 366 g/mol. The highest BCUT2D eigenvalue weighted by atomic mass is 32.2. The van der Waals surface area contributed by atoms with Crippen LogP contribution in [-0.4, -0.2) is 71.0 Å². The first-order valence-electron chi connectivity index (χ1n) is 8.58. The van der Waals surface area contributed by atoms with Gasteiger partial charge in [-0.1, -0.05) is 0 Å². The molecule has 2 aliphatic rings. The largest absolute Gasteiger partial charge is 0.396 e. The Hall–Kier alpha value is -1.68. The Kier molecular flexibility index (Phi) is 4.19. The lowest BCUT2D eigenvalue weighted by atomic mass is 10.1. The number of nitrogens with zero attached hydrogens (tertiary/aromatic N) is 2. The first-order chi connectivity index (χ1) is 12.0. The fraction of sp³-hybridized carbons (Fsp3) is 0.562. The van der Waals surface area contributed by atoms with Crippen LogP contribution in [0.15, 0.2) is 27.9 Å². The molecule has 0 radical (unpaired) electrons. The van der Waals surface area contributed by atoms with Gasteiger partial charge in [-0.25, -0.2) is 13.2 Å². The van der Waals surface area contributed by atoms with Gasteiger partial charge in [-0.05, 0) is 44.0 Å². The summed E-state index contributed by atoms with van der Waals surface area (Å²) in [5.74, 6) is 0. The minimum Gasteiger partial charge on any atom is -0.396 e. The van der Waals surface area contributed by atoms with Crippen LogP contribution in [-0.2, 0) is 10.0 Å². The van der Waals surface area contributed by atoms with E-state index in [0.29, 0.717) is 30.5 Å². The number of aromatic nitrogens is 2. The van der Waals surface area contributed by atoms with Crippen molar-refractivity contribution >= 4 is 21.1 Å². The highest BCUT2D eigenvalue weighted by Crippen LogP contribution is 2.30. The average Bonchev–Trinajstić information content (AvgIpc) is 3.17. The number of sulfonamides is 1. The van der Waals surface area contributed by atoms with E-state index in [2.05, 4.69) is 14.9 Å². The molecule has 2 saturated heterocycles. The lowest BCUT2D eigenvalue weighted by Gasteiger charge is -2.42. The normalized spacial score (nSPS) is 25.5. The van der Waals surface area contributed by atoms with E-state index in [-0.39, 0.29) is 29.3 Å². The van der Waals surface area contributed by atoms with Crippen LogP contribution in [0.3, 0.4) is 0 Å². The van der Waals surface area contributed by atoms with E-state index in [0.717, 1.165) is 19.4 Å². The smallest absolute Gasteiger partial charge is 0.323 e. The molecule has 1 aromatic carbocycles. The van der Waals surface area contributed by atoms with Crippen LogP contribution in [0.4, 0.5) is 0 Å². The summed E-state index contributed by atoms with van der Waals surface area (Å²) >= 11 is 0. The van der Waals surface area contributed by atoms with E-state index in [1.165, 1.54) is 12.1 Å². The zero-order chi connectivity index (χ0) is 17.6. The number of benzene rings is 1. The van der Waals surface area contributed by atoms with Gasteiger partial charge in [0.2, 0.25) is 10.0 Å². The molecule has 2 aliphatic heterocycles. The number of aliphatic hydroxyl groups excluding tert-OH is 1. The van der Waals surface area contributed by atoms with Gasteiger partial charge in [0, 0.05) is 31.8 Å². The van der Waals surface area contributed by atoms with Gasteiger partial charge < -0.3 is 15.1 Å². The van der Waals surface area contributed by atoms with E-state index < -0.39 is 10.0 Å². The molecule has 2 atom stereocenters. The van der Waals surface area contributed by atoms with Crippen molar-refractivity contribution in [2.45, 2.75) is 36.2 Å². The molecule has 9 heteroatoms. The molecule has 1 unspecified atom stereocenters. The number of H-pyrrole nitrogens is 2. The zero-order valence-electron chi connectivity index (χ0n) is 13.8. The molecule has 0 aliphatic carbocycles. The lowest BCUT2D eigenvalue weighted by Crippen LogP contribution is -2.57. The minimum absolute atomic E-state index is 0.0423. The molecular weight excluding hydrogens is 344 g/mol. The summed E-state index contributed by atoms with van der Waals surface area (Å²) < 4.78 is 28.0. The van der Waals surface area contributed by atoms with Gasteiger partial charge in [-0.15, -0.1) is 0 Å². The second kappa shape index (κ2) is 6.24. The number of rotatable bonds is 4. The molecule has 0 saturated carbocycles. The van der Waals surface area contributed by atoms with Gasteiger partial charge in [0.25, 0.3) is 0 Å². The van der Waals surface area contributed by atoms with Crippen LogP contribution in [0.25, 0.3) is 11.0 Å². The van der Waals surface area contributed by atoms with Crippen molar-refractivity contribution in [3.8, 4) is 0 Å². The maximum absolute atomic E-state index is 13.2. The fourth-order valence-electron chi connectivity index (χ4n) is 4.05. The summed E-state index contributed by atoms with van der Waals surface area (Å²) in [4.78, 5) is 19.1. The van der Waals surface area contributed by atoms with Crippen LogP contribution < -0.4 is 5.69 Å². The molecule has 136 valence electrons. The molecule has 3 N–H and O–H groups in total. The molecule has 4 rings (SSSR count). The Morgan fingerprint density at radius 1 is 1.20 bits per heavy atom. The SMILES string of the molecule is O=c1[nH]c2ccc(S(=O)(=O)N3CC4CCCN4C[C@@H]3CCO)cc2[nH]1. The van der Waals surface area contributed by atoms with Crippen LogP contribution in [0.5, 0.6) is 0 Å². The summed E-state index contributed by atoms with van der Waals surface area (Å²) in [6.45, 7) is 2.07. The number of hydrogen-bond donors (Lipinski definition) is 3. The van der Waals surface area contributed by atoms with Gasteiger partial charge >= 0.3 is 5.69 Å². The Morgan fingerprint density at radius 3 is 2.80 bits per heavy atom. The summed E-state index contributed by atoms with van der Waals surface area (Å²) in [6, 6.07) is 4.65. The number of nitrogens with one attached hydrogen (secondary N) is 2. The third kappa shape index (κ3) is 2.91. The van der Waals surface area contributed by atoms with E-state index in [1.807, 2.05) is 0 Å². The van der Waals surface area contributed by atoms with Crippen LogP contribution in [0.2, 0.25) is 0 Å². The molecule has 0 amide bonds. The molecule has 8 nitrogen and oxygen atoms in total. The van der Waals surface area contributed by atoms with Crippen molar-refractivity contribution in [1.29, 1.82) is 0 Å². The third-order valence-electron chi connectivity index (χ3n) is 5.30. The number of piperazine rings is 1. The Bertz CT molecular complexity index is 935.